The van der Waals surface area contributed by atoms with Gasteiger partial charge in [-0.1, -0.05) is 68.8 Å². The summed E-state index contributed by atoms with van der Waals surface area (Å²) in [4.78, 5) is 0. The van der Waals surface area contributed by atoms with Crippen LogP contribution >= 0.6 is 0 Å². The molecule has 0 saturated carbocycles. The summed E-state index contributed by atoms with van der Waals surface area (Å²) in [5.41, 5.74) is 12.9. The fourth-order valence-corrected chi connectivity index (χ4v) is 3.97. The van der Waals surface area contributed by atoms with Crippen molar-refractivity contribution in [1.82, 2.24) is 0 Å². The Kier molecular flexibility index (Phi) is 5.93. The first-order valence-electron chi connectivity index (χ1n) is 8.55. The Morgan fingerprint density at radius 2 is 0.880 bits per heavy atom. The Morgan fingerprint density at radius 3 is 1.20 bits per heavy atom. The van der Waals surface area contributed by atoms with Crippen molar-refractivity contribution < 1.29 is 17.1 Å². The molecule has 0 saturated heterocycles. The molecule has 132 valence electrons. The molecule has 25 heavy (non-hydrogen) atoms. The van der Waals surface area contributed by atoms with Gasteiger partial charge in [-0.25, -0.2) is 0 Å². The number of hydrogen-bond donors (Lipinski definition) is 0. The standard InChI is InChI=1S/C24H25.Cu/c1-15-10-17(3)23(18(4)11-15)21-8-7-9-22(14-21)24-19(5)12-16(2)13-20(24)6;/h7-13H,1-6H3;/q-1;+1. The summed E-state index contributed by atoms with van der Waals surface area (Å²) in [6.45, 7) is 13.1. The van der Waals surface area contributed by atoms with Gasteiger partial charge in [0.2, 0.25) is 0 Å². The number of aryl methyl sites for hydroxylation is 6. The van der Waals surface area contributed by atoms with Crippen LogP contribution in [0.4, 0.5) is 0 Å². The third-order valence-corrected chi connectivity index (χ3v) is 4.69. The predicted molar refractivity (Wildman–Crippen MR) is 105 cm³/mol. The van der Waals surface area contributed by atoms with Gasteiger partial charge >= 0.3 is 17.1 Å². The normalized spacial score (nSPS) is 10.5. The van der Waals surface area contributed by atoms with Crippen LogP contribution in [0.2, 0.25) is 0 Å². The first kappa shape index (κ1) is 19.5. The van der Waals surface area contributed by atoms with E-state index in [0.29, 0.717) is 0 Å². The van der Waals surface area contributed by atoms with Crippen LogP contribution in [0.5, 0.6) is 0 Å². The summed E-state index contributed by atoms with van der Waals surface area (Å²) in [6, 6.07) is 19.2. The SMILES string of the molecule is Cc1cc(C)c(-c2[c-]c(-c3c(C)cc(C)cc3C)ccc2)c(C)c1.[Cu+]. The van der Waals surface area contributed by atoms with Gasteiger partial charge < -0.3 is 0 Å². The summed E-state index contributed by atoms with van der Waals surface area (Å²) in [5, 5.41) is 0. The summed E-state index contributed by atoms with van der Waals surface area (Å²) in [5.74, 6) is 0. The molecular weight excluding hydrogens is 352 g/mol. The van der Waals surface area contributed by atoms with Crippen molar-refractivity contribution in [2.24, 2.45) is 0 Å². The van der Waals surface area contributed by atoms with E-state index in [0.717, 1.165) is 0 Å². The van der Waals surface area contributed by atoms with Crippen LogP contribution in [0.25, 0.3) is 22.3 Å². The number of rotatable bonds is 2. The molecule has 0 radical (unpaired) electrons. The van der Waals surface area contributed by atoms with Crippen molar-refractivity contribution >= 4 is 0 Å². The van der Waals surface area contributed by atoms with Gasteiger partial charge in [-0.3, -0.25) is 0 Å². The third-order valence-electron chi connectivity index (χ3n) is 4.69. The predicted octanol–water partition coefficient (Wildman–Crippen LogP) is 6.67. The van der Waals surface area contributed by atoms with Gasteiger partial charge in [0, 0.05) is 0 Å². The minimum Gasteiger partial charge on any atom is -0.129 e. The molecule has 0 aliphatic rings. The van der Waals surface area contributed by atoms with E-state index in [1.807, 2.05) is 0 Å². The second-order valence-electron chi connectivity index (χ2n) is 7.03. The Balaban J connectivity index is 0.00000225. The minimum absolute atomic E-state index is 0. The number of hydrogen-bond acceptors (Lipinski definition) is 0. The van der Waals surface area contributed by atoms with E-state index in [-0.39, 0.29) is 17.1 Å². The van der Waals surface area contributed by atoms with Crippen molar-refractivity contribution in [3.05, 3.63) is 81.9 Å². The van der Waals surface area contributed by atoms with Crippen LogP contribution in [0.15, 0.2) is 42.5 Å². The Bertz CT molecular complexity index is 800. The van der Waals surface area contributed by atoms with Crippen LogP contribution in [0.1, 0.15) is 33.4 Å². The molecule has 0 amide bonds. The van der Waals surface area contributed by atoms with Crippen LogP contribution < -0.4 is 0 Å². The molecule has 0 N–H and O–H groups in total. The summed E-state index contributed by atoms with van der Waals surface area (Å²) >= 11 is 0. The molecule has 0 fully saturated rings. The van der Waals surface area contributed by atoms with Crippen molar-refractivity contribution in [3.63, 3.8) is 0 Å². The maximum atomic E-state index is 3.68. The first-order valence-corrected chi connectivity index (χ1v) is 8.55. The monoisotopic (exact) mass is 376 g/mol. The zero-order valence-electron chi connectivity index (χ0n) is 15.8. The van der Waals surface area contributed by atoms with Gasteiger partial charge in [-0.2, -0.15) is 0 Å². The van der Waals surface area contributed by atoms with Crippen molar-refractivity contribution in [3.8, 4) is 22.3 Å². The average molecular weight is 377 g/mol. The van der Waals surface area contributed by atoms with E-state index in [1.165, 1.54) is 55.6 Å². The second-order valence-corrected chi connectivity index (χ2v) is 7.03. The van der Waals surface area contributed by atoms with Crippen LogP contribution in [0.3, 0.4) is 0 Å². The quantitative estimate of drug-likeness (QED) is 0.346. The minimum atomic E-state index is 0. The molecule has 0 nitrogen and oxygen atoms in total. The Labute approximate surface area is 162 Å². The molecular formula is C24H25Cu. The fourth-order valence-electron chi connectivity index (χ4n) is 3.97. The van der Waals surface area contributed by atoms with Gasteiger partial charge in [-0.15, -0.1) is 35.4 Å². The molecule has 0 bridgehead atoms. The largest absolute Gasteiger partial charge is 1.00 e. The molecule has 0 spiro atoms. The molecule has 1 heteroatoms. The van der Waals surface area contributed by atoms with Crippen LogP contribution in [-0.2, 0) is 17.1 Å². The van der Waals surface area contributed by atoms with E-state index in [2.05, 4.69) is 90.1 Å². The molecule has 0 atom stereocenters. The first-order chi connectivity index (χ1) is 11.4. The molecule has 0 aromatic heterocycles. The molecule has 3 aromatic carbocycles. The van der Waals surface area contributed by atoms with Crippen molar-refractivity contribution in [1.29, 1.82) is 0 Å². The maximum absolute atomic E-state index is 3.68. The van der Waals surface area contributed by atoms with Gasteiger partial charge in [0.05, 0.1) is 0 Å². The van der Waals surface area contributed by atoms with Crippen molar-refractivity contribution in [2.75, 3.05) is 0 Å². The van der Waals surface area contributed by atoms with Gasteiger partial charge in [-0.05, 0) is 41.5 Å². The fraction of sp³-hybridized carbons (Fsp3) is 0.250. The van der Waals surface area contributed by atoms with E-state index in [9.17, 15) is 0 Å². The summed E-state index contributed by atoms with van der Waals surface area (Å²) in [7, 11) is 0. The Morgan fingerprint density at radius 1 is 0.560 bits per heavy atom. The zero-order chi connectivity index (χ0) is 17.4. The zero-order valence-corrected chi connectivity index (χ0v) is 16.8. The molecule has 0 heterocycles. The maximum Gasteiger partial charge on any atom is 1.00 e. The van der Waals surface area contributed by atoms with Gasteiger partial charge in [0.15, 0.2) is 0 Å². The smallest absolute Gasteiger partial charge is 0.129 e. The summed E-state index contributed by atoms with van der Waals surface area (Å²) in [6.07, 6.45) is 0. The summed E-state index contributed by atoms with van der Waals surface area (Å²) < 4.78 is 0. The van der Waals surface area contributed by atoms with E-state index >= 15 is 0 Å². The van der Waals surface area contributed by atoms with Gasteiger partial charge in [0.25, 0.3) is 0 Å². The molecule has 3 aromatic rings. The molecule has 0 aliphatic carbocycles. The van der Waals surface area contributed by atoms with Gasteiger partial charge in [0.1, 0.15) is 0 Å². The number of benzene rings is 3. The third kappa shape index (κ3) is 3.89. The van der Waals surface area contributed by atoms with Crippen LogP contribution in [0, 0.1) is 47.6 Å². The van der Waals surface area contributed by atoms with E-state index < -0.39 is 0 Å². The van der Waals surface area contributed by atoms with Crippen LogP contribution in [-0.4, -0.2) is 0 Å². The average Bonchev–Trinajstić information content (AvgIpc) is 2.45. The van der Waals surface area contributed by atoms with E-state index in [1.54, 1.807) is 0 Å². The molecule has 0 aliphatic heterocycles. The molecule has 0 unspecified atom stereocenters. The Hall–Kier alpha value is -1.82. The molecule has 3 rings (SSSR count). The second kappa shape index (κ2) is 7.60. The topological polar surface area (TPSA) is 0 Å². The van der Waals surface area contributed by atoms with E-state index in [4.69, 9.17) is 0 Å². The van der Waals surface area contributed by atoms with Crippen molar-refractivity contribution in [2.45, 2.75) is 41.5 Å².